The molecule has 0 fully saturated rings. The number of halogens is 2. The lowest BCUT2D eigenvalue weighted by molar-refractivity contribution is 0.0993. The lowest BCUT2D eigenvalue weighted by Crippen LogP contribution is -2.26. The van der Waals surface area contributed by atoms with Crippen molar-refractivity contribution in [3.63, 3.8) is 0 Å². The molecule has 0 spiro atoms. The van der Waals surface area contributed by atoms with Crippen LogP contribution in [0.1, 0.15) is 15.9 Å². The molecule has 0 saturated carbocycles. The maximum absolute atomic E-state index is 12.4. The van der Waals surface area contributed by atoms with Crippen molar-refractivity contribution in [1.29, 1.82) is 0 Å². The molecule has 1 aromatic carbocycles. The van der Waals surface area contributed by atoms with E-state index in [0.717, 1.165) is 11.3 Å². The maximum atomic E-state index is 12.4. The summed E-state index contributed by atoms with van der Waals surface area (Å²) < 4.78 is 0. The highest BCUT2D eigenvalue weighted by molar-refractivity contribution is 6.35. The van der Waals surface area contributed by atoms with Crippen LogP contribution >= 0.6 is 23.2 Å². The molecule has 1 heterocycles. The molecule has 0 aliphatic heterocycles. The van der Waals surface area contributed by atoms with Gasteiger partial charge in [0.15, 0.2) is 0 Å². The molecule has 3 nitrogen and oxygen atoms in total. The van der Waals surface area contributed by atoms with Crippen LogP contribution in [0.3, 0.4) is 0 Å². The summed E-state index contributed by atoms with van der Waals surface area (Å²) in [5.41, 5.74) is 2.26. The van der Waals surface area contributed by atoms with Crippen molar-refractivity contribution in [3.8, 4) is 0 Å². The number of benzene rings is 1. The highest BCUT2D eigenvalue weighted by Gasteiger charge is 2.17. The third-order valence-electron chi connectivity index (χ3n) is 2.78. The molecule has 0 aliphatic carbocycles. The number of hydrogen-bond acceptors (Lipinski definition) is 2. The monoisotopic (exact) mass is 294 g/mol. The highest BCUT2D eigenvalue weighted by atomic mass is 35.5. The zero-order valence-electron chi connectivity index (χ0n) is 10.5. The fourth-order valence-corrected chi connectivity index (χ4v) is 1.99. The molecule has 2 aromatic rings. The van der Waals surface area contributed by atoms with E-state index in [2.05, 4.69) is 4.98 Å². The van der Waals surface area contributed by atoms with E-state index in [1.54, 1.807) is 7.05 Å². The summed E-state index contributed by atoms with van der Waals surface area (Å²) in [6, 6.07) is 9.12. The molecule has 0 N–H and O–H groups in total. The zero-order valence-corrected chi connectivity index (χ0v) is 12.0. The normalized spacial score (nSPS) is 10.3. The van der Waals surface area contributed by atoms with E-state index in [9.17, 15) is 4.79 Å². The molecule has 0 radical (unpaired) electrons. The second-order valence-electron chi connectivity index (χ2n) is 4.19. The minimum atomic E-state index is -0.224. The number of pyridine rings is 1. The van der Waals surface area contributed by atoms with Gasteiger partial charge in [0.25, 0.3) is 5.91 Å². The molecular weight excluding hydrogens is 283 g/mol. The van der Waals surface area contributed by atoms with Gasteiger partial charge in [-0.05, 0) is 25.1 Å². The van der Waals surface area contributed by atoms with Crippen LogP contribution in [0.15, 0.2) is 36.5 Å². The second-order valence-corrected chi connectivity index (χ2v) is 4.98. The summed E-state index contributed by atoms with van der Waals surface area (Å²) in [7, 11) is 1.69. The van der Waals surface area contributed by atoms with E-state index in [1.165, 1.54) is 17.2 Å². The smallest absolute Gasteiger partial charge is 0.259 e. The van der Waals surface area contributed by atoms with Crippen molar-refractivity contribution in [1.82, 2.24) is 4.98 Å². The van der Waals surface area contributed by atoms with Crippen LogP contribution in [0.2, 0.25) is 10.2 Å². The van der Waals surface area contributed by atoms with E-state index < -0.39 is 0 Å². The standard InChI is InChI=1S/C14H12Cl2N2O/c1-9-3-5-10(6-4-9)18(2)14(19)11-7-13(16)17-8-12(11)15/h3-8H,1-2H3. The molecule has 1 amide bonds. The number of carbonyl (C=O) groups excluding carboxylic acids is 1. The molecule has 2 rings (SSSR count). The first-order chi connectivity index (χ1) is 8.99. The van der Waals surface area contributed by atoms with Crippen LogP contribution in [0.4, 0.5) is 5.69 Å². The van der Waals surface area contributed by atoms with Crippen molar-refractivity contribution < 1.29 is 4.79 Å². The molecule has 0 unspecified atom stereocenters. The predicted molar refractivity (Wildman–Crippen MR) is 78.2 cm³/mol. The number of hydrogen-bond donors (Lipinski definition) is 0. The molecule has 0 saturated heterocycles. The maximum Gasteiger partial charge on any atom is 0.259 e. The quantitative estimate of drug-likeness (QED) is 0.785. The SMILES string of the molecule is Cc1ccc(N(C)C(=O)c2cc(Cl)ncc2Cl)cc1. The average molecular weight is 295 g/mol. The predicted octanol–water partition coefficient (Wildman–Crippen LogP) is 3.97. The van der Waals surface area contributed by atoms with Gasteiger partial charge < -0.3 is 4.90 Å². The molecule has 98 valence electrons. The topological polar surface area (TPSA) is 33.2 Å². The lowest BCUT2D eigenvalue weighted by atomic mass is 10.2. The summed E-state index contributed by atoms with van der Waals surface area (Å²) in [6.07, 6.45) is 1.38. The van der Waals surface area contributed by atoms with Crippen LogP contribution in [-0.2, 0) is 0 Å². The van der Waals surface area contributed by atoms with Crippen LogP contribution in [-0.4, -0.2) is 17.9 Å². The van der Waals surface area contributed by atoms with Crippen LogP contribution in [0.25, 0.3) is 0 Å². The Labute approximate surface area is 121 Å². The Balaban J connectivity index is 2.33. The number of rotatable bonds is 2. The van der Waals surface area contributed by atoms with Crippen LogP contribution < -0.4 is 4.90 Å². The van der Waals surface area contributed by atoms with Gasteiger partial charge in [0.1, 0.15) is 5.15 Å². The Morgan fingerprint density at radius 2 is 1.84 bits per heavy atom. The number of amides is 1. The number of carbonyl (C=O) groups is 1. The first kappa shape index (κ1) is 13.8. The molecule has 19 heavy (non-hydrogen) atoms. The molecule has 0 bridgehead atoms. The number of aromatic nitrogens is 1. The molecule has 1 aromatic heterocycles. The highest BCUT2D eigenvalue weighted by Crippen LogP contribution is 2.22. The van der Waals surface area contributed by atoms with E-state index in [4.69, 9.17) is 23.2 Å². The first-order valence-corrected chi connectivity index (χ1v) is 6.40. The molecule has 0 aliphatic rings. The summed E-state index contributed by atoms with van der Waals surface area (Å²) in [5.74, 6) is -0.224. The van der Waals surface area contributed by atoms with Gasteiger partial charge in [-0.15, -0.1) is 0 Å². The second kappa shape index (κ2) is 5.59. The van der Waals surface area contributed by atoms with Crippen molar-refractivity contribution in [3.05, 3.63) is 57.8 Å². The van der Waals surface area contributed by atoms with E-state index in [-0.39, 0.29) is 16.1 Å². The van der Waals surface area contributed by atoms with E-state index in [1.807, 2.05) is 31.2 Å². The van der Waals surface area contributed by atoms with Gasteiger partial charge in [-0.25, -0.2) is 4.98 Å². The Bertz CT molecular complexity index is 611. The number of anilines is 1. The van der Waals surface area contributed by atoms with Gasteiger partial charge in [0, 0.05) is 18.9 Å². The summed E-state index contributed by atoms with van der Waals surface area (Å²) >= 11 is 11.8. The van der Waals surface area contributed by atoms with Gasteiger partial charge in [-0.1, -0.05) is 40.9 Å². The van der Waals surface area contributed by atoms with Crippen molar-refractivity contribution >= 4 is 34.8 Å². The van der Waals surface area contributed by atoms with E-state index in [0.29, 0.717) is 5.56 Å². The number of nitrogens with zero attached hydrogens (tertiary/aromatic N) is 2. The van der Waals surface area contributed by atoms with Gasteiger partial charge >= 0.3 is 0 Å². The lowest BCUT2D eigenvalue weighted by Gasteiger charge is -2.18. The van der Waals surface area contributed by atoms with Crippen molar-refractivity contribution in [2.24, 2.45) is 0 Å². The Morgan fingerprint density at radius 1 is 1.21 bits per heavy atom. The summed E-state index contributed by atoms with van der Waals surface area (Å²) in [6.45, 7) is 1.99. The van der Waals surface area contributed by atoms with Crippen molar-refractivity contribution in [2.45, 2.75) is 6.92 Å². The summed E-state index contributed by atoms with van der Waals surface area (Å²) in [5, 5.41) is 0.526. The largest absolute Gasteiger partial charge is 0.311 e. The zero-order chi connectivity index (χ0) is 14.0. The van der Waals surface area contributed by atoms with Crippen molar-refractivity contribution in [2.75, 3.05) is 11.9 Å². The average Bonchev–Trinajstić information content (AvgIpc) is 2.41. The fraction of sp³-hybridized carbons (Fsp3) is 0.143. The first-order valence-electron chi connectivity index (χ1n) is 5.65. The number of aryl methyl sites for hydroxylation is 1. The van der Waals surface area contributed by atoms with Gasteiger partial charge in [-0.3, -0.25) is 4.79 Å². The van der Waals surface area contributed by atoms with E-state index >= 15 is 0 Å². The fourth-order valence-electron chi connectivity index (χ4n) is 1.64. The van der Waals surface area contributed by atoms with Crippen LogP contribution in [0, 0.1) is 6.92 Å². The third kappa shape index (κ3) is 3.06. The minimum Gasteiger partial charge on any atom is -0.311 e. The third-order valence-corrected chi connectivity index (χ3v) is 3.29. The van der Waals surface area contributed by atoms with Gasteiger partial charge in [-0.2, -0.15) is 0 Å². The van der Waals surface area contributed by atoms with Crippen LogP contribution in [0.5, 0.6) is 0 Å². The summed E-state index contributed by atoms with van der Waals surface area (Å²) in [4.78, 5) is 17.7. The van der Waals surface area contributed by atoms with Gasteiger partial charge in [0.05, 0.1) is 10.6 Å². The Hall–Kier alpha value is -1.58. The van der Waals surface area contributed by atoms with Gasteiger partial charge in [0.2, 0.25) is 0 Å². The molecule has 5 heteroatoms. The Kier molecular flexibility index (Phi) is 4.08. The molecular formula is C14H12Cl2N2O. The Morgan fingerprint density at radius 3 is 2.47 bits per heavy atom. The minimum absolute atomic E-state index is 0.224. The molecule has 0 atom stereocenters.